The normalized spacial score (nSPS) is 10.6. The van der Waals surface area contributed by atoms with Crippen LogP contribution in [0.5, 0.6) is 5.75 Å². The quantitative estimate of drug-likeness (QED) is 0.833. The highest BCUT2D eigenvalue weighted by atomic mass is 19.3. The number of halogens is 3. The van der Waals surface area contributed by atoms with E-state index in [4.69, 9.17) is 5.73 Å². The Bertz CT molecular complexity index is 734. The summed E-state index contributed by atoms with van der Waals surface area (Å²) in [6.07, 6.45) is -0.0876. The van der Waals surface area contributed by atoms with Gasteiger partial charge in [0.2, 0.25) is 5.91 Å². The summed E-state index contributed by atoms with van der Waals surface area (Å²) < 4.78 is 41.6. The number of hydrogen-bond acceptors (Lipinski definition) is 3. The topological polar surface area (TPSA) is 72.6 Å². The summed E-state index contributed by atoms with van der Waals surface area (Å²) in [6, 6.07) is 10.2. The van der Waals surface area contributed by atoms with Gasteiger partial charge in [0.15, 0.2) is 0 Å². The zero-order valence-electron chi connectivity index (χ0n) is 13.0. The van der Waals surface area contributed by atoms with Crippen molar-refractivity contribution in [3.05, 3.63) is 59.9 Å². The standard InChI is InChI=1S/C17H15F3N2O3/c18-12-3-5-13(6-4-12)22(10-9-15(21)23)16(24)11-1-7-14(8-2-11)25-17(19)20/h1-8,17H,9-10H2,(H2,21,23). The van der Waals surface area contributed by atoms with Gasteiger partial charge >= 0.3 is 6.61 Å². The van der Waals surface area contributed by atoms with E-state index in [0.717, 1.165) is 0 Å². The van der Waals surface area contributed by atoms with Crippen molar-refractivity contribution in [2.75, 3.05) is 11.4 Å². The van der Waals surface area contributed by atoms with Crippen molar-refractivity contribution in [2.24, 2.45) is 5.73 Å². The maximum atomic E-state index is 13.1. The Balaban J connectivity index is 2.24. The Morgan fingerprint density at radius 3 is 2.16 bits per heavy atom. The number of nitrogens with two attached hydrogens (primary N) is 1. The van der Waals surface area contributed by atoms with Crippen molar-refractivity contribution < 1.29 is 27.5 Å². The second-order valence-electron chi connectivity index (χ2n) is 5.05. The number of ether oxygens (including phenoxy) is 1. The van der Waals surface area contributed by atoms with Crippen LogP contribution in [0.1, 0.15) is 16.8 Å². The summed E-state index contributed by atoms with van der Waals surface area (Å²) in [5, 5.41) is 0. The Hall–Kier alpha value is -3.03. The van der Waals surface area contributed by atoms with Gasteiger partial charge in [-0.15, -0.1) is 0 Å². The lowest BCUT2D eigenvalue weighted by Gasteiger charge is -2.22. The molecule has 0 unspecified atom stereocenters. The van der Waals surface area contributed by atoms with E-state index in [1.807, 2.05) is 0 Å². The second kappa shape index (κ2) is 8.18. The molecule has 5 nitrogen and oxygen atoms in total. The highest BCUT2D eigenvalue weighted by Gasteiger charge is 2.19. The van der Waals surface area contributed by atoms with E-state index in [1.165, 1.54) is 53.4 Å². The summed E-state index contributed by atoms with van der Waals surface area (Å²) in [6.45, 7) is -2.97. The van der Waals surface area contributed by atoms with Crippen LogP contribution in [0.15, 0.2) is 48.5 Å². The van der Waals surface area contributed by atoms with Crippen LogP contribution in [0.4, 0.5) is 18.9 Å². The molecule has 0 fully saturated rings. The molecule has 0 radical (unpaired) electrons. The van der Waals surface area contributed by atoms with Gasteiger partial charge in [-0.05, 0) is 48.5 Å². The lowest BCUT2D eigenvalue weighted by atomic mass is 10.1. The number of carbonyl (C=O) groups is 2. The van der Waals surface area contributed by atoms with Crippen LogP contribution in [0.2, 0.25) is 0 Å². The zero-order valence-corrected chi connectivity index (χ0v) is 13.0. The minimum absolute atomic E-state index is 0.00488. The van der Waals surface area contributed by atoms with Gasteiger partial charge in [-0.1, -0.05) is 0 Å². The Morgan fingerprint density at radius 1 is 1.04 bits per heavy atom. The van der Waals surface area contributed by atoms with Crippen molar-refractivity contribution in [2.45, 2.75) is 13.0 Å². The SMILES string of the molecule is NC(=O)CCN(C(=O)c1ccc(OC(F)F)cc1)c1ccc(F)cc1. The number of carbonyl (C=O) groups excluding carboxylic acids is 2. The van der Waals surface area contributed by atoms with E-state index in [-0.39, 0.29) is 24.3 Å². The molecule has 132 valence electrons. The molecule has 2 N–H and O–H groups in total. The first-order valence-corrected chi connectivity index (χ1v) is 7.27. The van der Waals surface area contributed by atoms with E-state index in [0.29, 0.717) is 5.69 Å². The smallest absolute Gasteiger partial charge is 0.387 e. The monoisotopic (exact) mass is 352 g/mol. The van der Waals surface area contributed by atoms with Crippen LogP contribution in [0, 0.1) is 5.82 Å². The third-order valence-electron chi connectivity index (χ3n) is 3.29. The highest BCUT2D eigenvalue weighted by molar-refractivity contribution is 6.06. The minimum Gasteiger partial charge on any atom is -0.435 e. The lowest BCUT2D eigenvalue weighted by Crippen LogP contribution is -2.34. The van der Waals surface area contributed by atoms with Gasteiger partial charge < -0.3 is 15.4 Å². The number of alkyl halides is 2. The van der Waals surface area contributed by atoms with Crippen LogP contribution in [-0.2, 0) is 4.79 Å². The molecular formula is C17H15F3N2O3. The fourth-order valence-electron chi connectivity index (χ4n) is 2.13. The maximum Gasteiger partial charge on any atom is 0.387 e. The van der Waals surface area contributed by atoms with Crippen LogP contribution in [0.3, 0.4) is 0 Å². The molecular weight excluding hydrogens is 337 g/mol. The summed E-state index contributed by atoms with van der Waals surface area (Å²) >= 11 is 0. The number of primary amides is 1. The lowest BCUT2D eigenvalue weighted by molar-refractivity contribution is -0.117. The van der Waals surface area contributed by atoms with E-state index in [9.17, 15) is 22.8 Å². The summed E-state index contributed by atoms with van der Waals surface area (Å²) in [5.41, 5.74) is 5.69. The Labute approximate surface area is 141 Å². The van der Waals surface area contributed by atoms with E-state index in [2.05, 4.69) is 4.74 Å². The molecule has 2 rings (SSSR count). The van der Waals surface area contributed by atoms with Crippen LogP contribution in [0.25, 0.3) is 0 Å². The third-order valence-corrected chi connectivity index (χ3v) is 3.29. The van der Waals surface area contributed by atoms with Gasteiger partial charge in [0, 0.05) is 24.2 Å². The number of benzene rings is 2. The van der Waals surface area contributed by atoms with E-state index >= 15 is 0 Å². The minimum atomic E-state index is -2.96. The largest absolute Gasteiger partial charge is 0.435 e. The molecule has 2 aromatic rings. The number of anilines is 1. The number of rotatable bonds is 7. The number of nitrogens with zero attached hydrogens (tertiary/aromatic N) is 1. The van der Waals surface area contributed by atoms with Gasteiger partial charge in [0.05, 0.1) is 0 Å². The third kappa shape index (κ3) is 5.23. The highest BCUT2D eigenvalue weighted by Crippen LogP contribution is 2.21. The average Bonchev–Trinajstić information content (AvgIpc) is 2.56. The Morgan fingerprint density at radius 2 is 1.64 bits per heavy atom. The molecule has 0 aromatic heterocycles. The van der Waals surface area contributed by atoms with Gasteiger partial charge in [0.25, 0.3) is 5.91 Å². The molecule has 2 amide bonds. The fraction of sp³-hybridized carbons (Fsp3) is 0.176. The molecule has 2 aromatic carbocycles. The molecule has 8 heteroatoms. The molecule has 0 atom stereocenters. The van der Waals surface area contributed by atoms with E-state index < -0.39 is 24.2 Å². The van der Waals surface area contributed by atoms with Crippen LogP contribution in [-0.4, -0.2) is 25.0 Å². The predicted octanol–water partition coefficient (Wildman–Crippen LogP) is 2.95. The average molecular weight is 352 g/mol. The number of hydrogen-bond donors (Lipinski definition) is 1. The van der Waals surface area contributed by atoms with Gasteiger partial charge in [-0.25, -0.2) is 4.39 Å². The first-order valence-electron chi connectivity index (χ1n) is 7.27. The molecule has 0 bridgehead atoms. The van der Waals surface area contributed by atoms with Crippen molar-refractivity contribution in [3.8, 4) is 5.75 Å². The molecule has 0 saturated heterocycles. The van der Waals surface area contributed by atoms with Crippen molar-refractivity contribution >= 4 is 17.5 Å². The molecule has 0 saturated carbocycles. The van der Waals surface area contributed by atoms with Crippen molar-refractivity contribution in [1.82, 2.24) is 0 Å². The van der Waals surface area contributed by atoms with Gasteiger partial charge in [0.1, 0.15) is 11.6 Å². The van der Waals surface area contributed by atoms with Crippen LogP contribution >= 0.6 is 0 Å². The molecule has 25 heavy (non-hydrogen) atoms. The molecule has 0 aliphatic heterocycles. The van der Waals surface area contributed by atoms with Crippen molar-refractivity contribution in [1.29, 1.82) is 0 Å². The molecule has 0 spiro atoms. The van der Waals surface area contributed by atoms with Gasteiger partial charge in [-0.3, -0.25) is 9.59 Å². The van der Waals surface area contributed by atoms with Crippen LogP contribution < -0.4 is 15.4 Å². The molecule has 0 aliphatic carbocycles. The predicted molar refractivity (Wildman–Crippen MR) is 85.0 cm³/mol. The summed E-state index contributed by atoms with van der Waals surface area (Å²) in [4.78, 5) is 25.0. The van der Waals surface area contributed by atoms with Gasteiger partial charge in [-0.2, -0.15) is 8.78 Å². The Kier molecular flexibility index (Phi) is 5.99. The van der Waals surface area contributed by atoms with Crippen molar-refractivity contribution in [3.63, 3.8) is 0 Å². The second-order valence-corrected chi connectivity index (χ2v) is 5.05. The maximum absolute atomic E-state index is 13.1. The molecule has 0 heterocycles. The summed E-state index contributed by atoms with van der Waals surface area (Å²) in [5.74, 6) is -1.64. The first kappa shape index (κ1) is 18.3. The number of amides is 2. The van der Waals surface area contributed by atoms with E-state index in [1.54, 1.807) is 0 Å². The summed E-state index contributed by atoms with van der Waals surface area (Å²) in [7, 11) is 0. The fourth-order valence-corrected chi connectivity index (χ4v) is 2.13. The first-order chi connectivity index (χ1) is 11.9. The zero-order chi connectivity index (χ0) is 18.4. The molecule has 0 aliphatic rings.